The molecule has 0 fully saturated rings. The Kier molecular flexibility index (Phi) is 4.95. The molecule has 0 amide bonds. The first-order valence-electron chi connectivity index (χ1n) is 13.5. The van der Waals surface area contributed by atoms with E-state index >= 15 is 0 Å². The molecule has 40 heavy (non-hydrogen) atoms. The van der Waals surface area contributed by atoms with Gasteiger partial charge in [-0.25, -0.2) is 0 Å². The fraction of sp³-hybridized carbons (Fsp3) is 0.0270. The zero-order valence-corrected chi connectivity index (χ0v) is 23.9. The summed E-state index contributed by atoms with van der Waals surface area (Å²) in [5.41, 5.74) is 7.69. The summed E-state index contributed by atoms with van der Waals surface area (Å²) in [7, 11) is 0. The molecule has 0 spiro atoms. The van der Waals surface area contributed by atoms with E-state index in [1.165, 1.54) is 73.1 Å². The molecule has 9 rings (SSSR count). The van der Waals surface area contributed by atoms with E-state index in [2.05, 4.69) is 133 Å². The molecule has 1 aromatic heterocycles. The van der Waals surface area contributed by atoms with Crippen molar-refractivity contribution in [2.45, 2.75) is 25.0 Å². The van der Waals surface area contributed by atoms with Gasteiger partial charge in [0.1, 0.15) is 0 Å². The van der Waals surface area contributed by atoms with E-state index in [4.69, 9.17) is 0 Å². The molecule has 0 nitrogen and oxygen atoms in total. The van der Waals surface area contributed by atoms with E-state index in [1.54, 1.807) is 0 Å². The number of rotatable bonds is 2. The molecule has 0 saturated carbocycles. The lowest BCUT2D eigenvalue weighted by Crippen LogP contribution is -2.36. The van der Waals surface area contributed by atoms with Gasteiger partial charge in [0, 0.05) is 39.8 Å². The number of hydrogen-bond acceptors (Lipinski definition) is 3. The minimum atomic E-state index is -0.346. The molecule has 0 saturated heterocycles. The lowest BCUT2D eigenvalue weighted by molar-refractivity contribution is 0.664. The lowest BCUT2D eigenvalue weighted by Gasteiger charge is -2.46. The Morgan fingerprint density at radius 1 is 0.425 bits per heavy atom. The first-order chi connectivity index (χ1) is 19.8. The predicted molar refractivity (Wildman–Crippen MR) is 171 cm³/mol. The highest BCUT2D eigenvalue weighted by Gasteiger charge is 2.48. The smallest absolute Gasteiger partial charge is 0.0745 e. The molecule has 188 valence electrons. The molecule has 0 N–H and O–H groups in total. The molecule has 3 heteroatoms. The molecule has 0 bridgehead atoms. The monoisotopic (exact) mass is 562 g/mol. The van der Waals surface area contributed by atoms with Crippen LogP contribution in [0.3, 0.4) is 0 Å². The van der Waals surface area contributed by atoms with E-state index in [1.807, 2.05) is 34.9 Å². The molecule has 0 unspecified atom stereocenters. The Labute approximate surface area is 245 Å². The standard InChI is InChI=1S/C37H22S3/c1-4-11-30-26(8-1)27-22-24(18-21-31(27)38-30)23-16-19-25(20-17-23)37-28-9-2-5-12-32(28)39-34-14-7-15-35(36(34)37)40-33-13-6-3-10-29(33)37/h1-22H. The SMILES string of the molecule is c1ccc2c(c1)Sc1cccc3c1C2(c1ccc(-c2ccc4sc5ccccc5c4c2)cc1)c1ccccc1S3. The molecule has 7 aromatic rings. The average Bonchev–Trinajstić information content (AvgIpc) is 3.39. The number of hydrogen-bond donors (Lipinski definition) is 0. The van der Waals surface area contributed by atoms with Crippen molar-refractivity contribution in [3.05, 3.63) is 156 Å². The summed E-state index contributed by atoms with van der Waals surface area (Å²) < 4.78 is 2.69. The summed E-state index contributed by atoms with van der Waals surface area (Å²) in [6, 6.07) is 49.9. The molecule has 0 atom stereocenters. The Morgan fingerprint density at radius 3 is 1.73 bits per heavy atom. The van der Waals surface area contributed by atoms with Gasteiger partial charge in [-0.2, -0.15) is 0 Å². The van der Waals surface area contributed by atoms with E-state index in [-0.39, 0.29) is 5.41 Å². The maximum absolute atomic E-state index is 2.38. The van der Waals surface area contributed by atoms with E-state index in [0.717, 1.165) is 0 Å². The van der Waals surface area contributed by atoms with Gasteiger partial charge in [0.25, 0.3) is 0 Å². The van der Waals surface area contributed by atoms with Gasteiger partial charge >= 0.3 is 0 Å². The average molecular weight is 563 g/mol. The van der Waals surface area contributed by atoms with Crippen molar-refractivity contribution in [1.29, 1.82) is 0 Å². The molecule has 6 aromatic carbocycles. The molecular formula is C37H22S3. The van der Waals surface area contributed by atoms with Crippen LogP contribution in [-0.2, 0) is 5.41 Å². The van der Waals surface area contributed by atoms with Crippen LogP contribution in [0.25, 0.3) is 31.3 Å². The van der Waals surface area contributed by atoms with Gasteiger partial charge in [-0.1, -0.05) is 115 Å². The molecule has 0 radical (unpaired) electrons. The van der Waals surface area contributed by atoms with Gasteiger partial charge in [0.05, 0.1) is 5.41 Å². The predicted octanol–water partition coefficient (Wildman–Crippen LogP) is 11.0. The molecular weight excluding hydrogens is 541 g/mol. The van der Waals surface area contributed by atoms with E-state index in [0.29, 0.717) is 0 Å². The van der Waals surface area contributed by atoms with Crippen molar-refractivity contribution in [2.75, 3.05) is 0 Å². The quantitative estimate of drug-likeness (QED) is 0.205. The molecule has 2 aliphatic rings. The zero-order chi connectivity index (χ0) is 26.3. The van der Waals surface area contributed by atoms with Gasteiger partial charge in [-0.05, 0) is 75.8 Å². The summed E-state index contributed by atoms with van der Waals surface area (Å²) in [6.45, 7) is 0. The minimum Gasteiger partial charge on any atom is -0.135 e. The summed E-state index contributed by atoms with van der Waals surface area (Å²) in [4.78, 5) is 5.40. The maximum Gasteiger partial charge on any atom is 0.0745 e. The van der Waals surface area contributed by atoms with Crippen LogP contribution in [0.4, 0.5) is 0 Å². The second kappa shape index (κ2) is 8.62. The van der Waals surface area contributed by atoms with Crippen LogP contribution in [0.2, 0.25) is 0 Å². The first kappa shape index (κ1) is 23.0. The van der Waals surface area contributed by atoms with Gasteiger partial charge in [-0.15, -0.1) is 11.3 Å². The third-order valence-corrected chi connectivity index (χ3v) is 11.8. The Morgan fingerprint density at radius 2 is 1.00 bits per heavy atom. The van der Waals surface area contributed by atoms with Crippen molar-refractivity contribution in [2.24, 2.45) is 0 Å². The largest absolute Gasteiger partial charge is 0.135 e. The summed E-state index contributed by atoms with van der Waals surface area (Å²) in [5, 5.41) is 2.69. The van der Waals surface area contributed by atoms with Crippen molar-refractivity contribution in [3.8, 4) is 11.1 Å². The first-order valence-corrected chi connectivity index (χ1v) is 16.0. The van der Waals surface area contributed by atoms with Crippen LogP contribution in [0.15, 0.2) is 153 Å². The van der Waals surface area contributed by atoms with Gasteiger partial charge in [0.15, 0.2) is 0 Å². The highest BCUT2D eigenvalue weighted by molar-refractivity contribution is 8.00. The highest BCUT2D eigenvalue weighted by atomic mass is 32.2. The third kappa shape index (κ3) is 3.11. The number of thiophene rings is 1. The lowest BCUT2D eigenvalue weighted by atomic mass is 9.64. The minimum absolute atomic E-state index is 0.346. The van der Waals surface area contributed by atoms with Crippen LogP contribution in [0.5, 0.6) is 0 Å². The van der Waals surface area contributed by atoms with Crippen LogP contribution >= 0.6 is 34.9 Å². The summed E-state index contributed by atoms with van der Waals surface area (Å²) >= 11 is 5.69. The molecule has 2 aliphatic heterocycles. The fourth-order valence-electron chi connectivity index (χ4n) is 6.71. The van der Waals surface area contributed by atoms with Gasteiger partial charge < -0.3 is 0 Å². The second-order valence-corrected chi connectivity index (χ2v) is 13.7. The Balaban J connectivity index is 1.28. The molecule has 0 aliphatic carbocycles. The Hall–Kier alpha value is -3.76. The van der Waals surface area contributed by atoms with E-state index < -0.39 is 0 Å². The zero-order valence-electron chi connectivity index (χ0n) is 21.4. The van der Waals surface area contributed by atoms with Crippen LogP contribution in [0.1, 0.15) is 22.3 Å². The van der Waals surface area contributed by atoms with Crippen LogP contribution < -0.4 is 0 Å². The third-order valence-electron chi connectivity index (χ3n) is 8.41. The summed E-state index contributed by atoms with van der Waals surface area (Å²) in [6.07, 6.45) is 0. The van der Waals surface area contributed by atoms with Crippen LogP contribution in [-0.4, -0.2) is 0 Å². The van der Waals surface area contributed by atoms with Gasteiger partial charge in [0.2, 0.25) is 0 Å². The molecule has 3 heterocycles. The van der Waals surface area contributed by atoms with Crippen LogP contribution in [0, 0.1) is 0 Å². The maximum atomic E-state index is 2.38. The Bertz CT molecular complexity index is 2050. The number of benzene rings is 6. The summed E-state index contributed by atoms with van der Waals surface area (Å²) in [5.74, 6) is 0. The second-order valence-electron chi connectivity index (χ2n) is 10.5. The van der Waals surface area contributed by atoms with Crippen molar-refractivity contribution in [1.82, 2.24) is 0 Å². The van der Waals surface area contributed by atoms with Crippen molar-refractivity contribution < 1.29 is 0 Å². The topological polar surface area (TPSA) is 0 Å². The van der Waals surface area contributed by atoms with E-state index in [9.17, 15) is 0 Å². The number of fused-ring (bicyclic) bond motifs is 7. The highest BCUT2D eigenvalue weighted by Crippen LogP contribution is 2.62. The van der Waals surface area contributed by atoms with Gasteiger partial charge in [-0.3, -0.25) is 0 Å². The van der Waals surface area contributed by atoms with Crippen molar-refractivity contribution in [3.63, 3.8) is 0 Å². The van der Waals surface area contributed by atoms with Crippen molar-refractivity contribution >= 4 is 55.0 Å². The normalized spacial score (nSPS) is 14.5. The fourth-order valence-corrected chi connectivity index (χ4v) is 10.3.